The molecule has 9 aromatic rings. The Morgan fingerprint density at radius 1 is 0.388 bits per heavy atom. The summed E-state index contributed by atoms with van der Waals surface area (Å²) in [6.45, 7) is 0. The van der Waals surface area contributed by atoms with E-state index < -0.39 is 0 Å². The fraction of sp³-hybridized carbons (Fsp3) is 0.0417. The minimum Gasteiger partial charge on any atom is -0.309 e. The monoisotopic (exact) mass is 625 g/mol. The van der Waals surface area contributed by atoms with Crippen molar-refractivity contribution in [1.82, 2.24) is 4.57 Å². The molecule has 0 aliphatic carbocycles. The molecule has 1 atom stereocenters. The maximum absolute atomic E-state index is 2.47. The van der Waals surface area contributed by atoms with Gasteiger partial charge in [-0.2, -0.15) is 0 Å². The third-order valence-corrected chi connectivity index (χ3v) is 10.0. The van der Waals surface area contributed by atoms with Gasteiger partial charge in [-0.3, -0.25) is 0 Å². The van der Waals surface area contributed by atoms with E-state index >= 15 is 0 Å². The zero-order valence-corrected chi connectivity index (χ0v) is 27.2. The van der Waals surface area contributed by atoms with E-state index in [0.29, 0.717) is 0 Å². The zero-order valence-electron chi connectivity index (χ0n) is 27.2. The quantitative estimate of drug-likeness (QED) is 0.166. The van der Waals surface area contributed by atoms with Crippen LogP contribution in [0.3, 0.4) is 0 Å². The second-order valence-corrected chi connectivity index (χ2v) is 12.9. The Kier molecular flexibility index (Phi) is 7.37. The Hall–Kier alpha value is -6.18. The lowest BCUT2D eigenvalue weighted by Gasteiger charge is -2.20. The number of rotatable bonds is 7. The standard InChI is InChI=1S/C48H35N/c1-4-12-35(13-5-1)37-22-20-34(21-23-37)32-44(39-26-24-38(25-27-39)36-14-6-2-7-15-36)41-29-28-40-30-31-47-48(45(40)33-41)43-18-10-11-19-46(43)49(47)42-16-8-3-9-17-42/h1-31,33,44H,32H2/t44-/m0/s1. The first-order valence-corrected chi connectivity index (χ1v) is 17.1. The third kappa shape index (κ3) is 5.40. The largest absolute Gasteiger partial charge is 0.309 e. The Balaban J connectivity index is 1.19. The van der Waals surface area contributed by atoms with Gasteiger partial charge in [0.05, 0.1) is 11.0 Å². The molecule has 1 aromatic heterocycles. The molecule has 0 unspecified atom stereocenters. The molecule has 0 spiro atoms. The summed E-state index contributed by atoms with van der Waals surface area (Å²) in [6.07, 6.45) is 0.910. The minimum atomic E-state index is 0.189. The van der Waals surface area contributed by atoms with Crippen LogP contribution in [0, 0.1) is 0 Å². The summed E-state index contributed by atoms with van der Waals surface area (Å²) in [4.78, 5) is 0. The van der Waals surface area contributed by atoms with Crippen molar-refractivity contribution in [2.24, 2.45) is 0 Å². The molecule has 0 fully saturated rings. The normalized spacial score (nSPS) is 12.1. The van der Waals surface area contributed by atoms with Crippen LogP contribution in [0.15, 0.2) is 194 Å². The van der Waals surface area contributed by atoms with Crippen LogP contribution < -0.4 is 0 Å². The summed E-state index contributed by atoms with van der Waals surface area (Å²) in [6, 6.07) is 70.9. The van der Waals surface area contributed by atoms with Gasteiger partial charge in [-0.1, -0.05) is 164 Å². The summed E-state index contributed by atoms with van der Waals surface area (Å²) in [5.41, 5.74) is 12.6. The molecule has 1 heteroatoms. The first-order valence-electron chi connectivity index (χ1n) is 17.1. The van der Waals surface area contributed by atoms with E-state index in [1.54, 1.807) is 0 Å². The number of hydrogen-bond donors (Lipinski definition) is 0. The maximum atomic E-state index is 2.47. The van der Waals surface area contributed by atoms with Gasteiger partial charge in [0.1, 0.15) is 0 Å². The van der Waals surface area contributed by atoms with Crippen LogP contribution in [-0.4, -0.2) is 4.57 Å². The van der Waals surface area contributed by atoms with Crippen molar-refractivity contribution in [3.8, 4) is 27.9 Å². The molecule has 0 aliphatic rings. The van der Waals surface area contributed by atoms with Crippen LogP contribution in [0.25, 0.3) is 60.5 Å². The lowest BCUT2D eigenvalue weighted by Crippen LogP contribution is -2.05. The molecule has 49 heavy (non-hydrogen) atoms. The highest BCUT2D eigenvalue weighted by molar-refractivity contribution is 6.21. The van der Waals surface area contributed by atoms with Crippen LogP contribution in [0.1, 0.15) is 22.6 Å². The van der Waals surface area contributed by atoms with Gasteiger partial charge in [0.15, 0.2) is 0 Å². The number of fused-ring (bicyclic) bond motifs is 5. The van der Waals surface area contributed by atoms with Crippen molar-refractivity contribution in [3.05, 3.63) is 211 Å². The summed E-state index contributed by atoms with van der Waals surface area (Å²) in [5, 5.41) is 5.15. The van der Waals surface area contributed by atoms with E-state index in [1.165, 1.54) is 77.2 Å². The van der Waals surface area contributed by atoms with Crippen LogP contribution >= 0.6 is 0 Å². The van der Waals surface area contributed by atoms with E-state index in [9.17, 15) is 0 Å². The number of nitrogens with zero attached hydrogens (tertiary/aromatic N) is 1. The van der Waals surface area contributed by atoms with Gasteiger partial charge in [-0.05, 0) is 86.5 Å². The number of benzene rings is 8. The fourth-order valence-corrected chi connectivity index (χ4v) is 7.54. The molecular weight excluding hydrogens is 591 g/mol. The van der Waals surface area contributed by atoms with Gasteiger partial charge in [-0.15, -0.1) is 0 Å². The maximum Gasteiger partial charge on any atom is 0.0547 e. The lowest BCUT2D eigenvalue weighted by molar-refractivity contribution is 0.807. The molecule has 0 saturated heterocycles. The molecule has 0 bridgehead atoms. The summed E-state index contributed by atoms with van der Waals surface area (Å²) >= 11 is 0. The molecule has 232 valence electrons. The smallest absolute Gasteiger partial charge is 0.0547 e. The van der Waals surface area contributed by atoms with Gasteiger partial charge in [0.2, 0.25) is 0 Å². The molecule has 0 amide bonds. The molecular formula is C48H35N. The van der Waals surface area contributed by atoms with Gasteiger partial charge in [-0.25, -0.2) is 0 Å². The van der Waals surface area contributed by atoms with Gasteiger partial charge >= 0.3 is 0 Å². The lowest BCUT2D eigenvalue weighted by atomic mass is 9.84. The Morgan fingerprint density at radius 2 is 0.918 bits per heavy atom. The summed E-state index contributed by atoms with van der Waals surface area (Å²) in [7, 11) is 0. The highest BCUT2D eigenvalue weighted by Crippen LogP contribution is 2.39. The van der Waals surface area contributed by atoms with Gasteiger partial charge < -0.3 is 4.57 Å². The average molecular weight is 626 g/mol. The second-order valence-electron chi connectivity index (χ2n) is 12.9. The Labute approximate surface area is 287 Å². The molecule has 1 heterocycles. The van der Waals surface area contributed by atoms with E-state index in [4.69, 9.17) is 0 Å². The van der Waals surface area contributed by atoms with E-state index in [1.807, 2.05) is 0 Å². The van der Waals surface area contributed by atoms with Crippen molar-refractivity contribution in [1.29, 1.82) is 0 Å². The number of para-hydroxylation sites is 2. The minimum absolute atomic E-state index is 0.189. The highest BCUT2D eigenvalue weighted by Gasteiger charge is 2.19. The molecule has 0 N–H and O–H groups in total. The van der Waals surface area contributed by atoms with Crippen LogP contribution in [0.5, 0.6) is 0 Å². The van der Waals surface area contributed by atoms with Crippen LogP contribution in [-0.2, 0) is 6.42 Å². The molecule has 0 saturated carbocycles. The Morgan fingerprint density at radius 3 is 1.59 bits per heavy atom. The van der Waals surface area contributed by atoms with E-state index in [-0.39, 0.29) is 5.92 Å². The van der Waals surface area contributed by atoms with Crippen LogP contribution in [0.2, 0.25) is 0 Å². The molecule has 0 radical (unpaired) electrons. The number of hydrogen-bond acceptors (Lipinski definition) is 0. The van der Waals surface area contributed by atoms with Crippen molar-refractivity contribution >= 4 is 32.6 Å². The van der Waals surface area contributed by atoms with E-state index in [2.05, 4.69) is 199 Å². The predicted octanol–water partition coefficient (Wildman–Crippen LogP) is 12.6. The van der Waals surface area contributed by atoms with Crippen molar-refractivity contribution in [2.45, 2.75) is 12.3 Å². The molecule has 9 rings (SSSR count). The Bertz CT molecular complexity index is 2530. The van der Waals surface area contributed by atoms with Crippen molar-refractivity contribution in [2.75, 3.05) is 0 Å². The summed E-state index contributed by atoms with van der Waals surface area (Å²) in [5.74, 6) is 0.189. The average Bonchev–Trinajstić information content (AvgIpc) is 3.53. The predicted molar refractivity (Wildman–Crippen MR) is 208 cm³/mol. The molecule has 8 aromatic carbocycles. The summed E-state index contributed by atoms with van der Waals surface area (Å²) < 4.78 is 2.41. The van der Waals surface area contributed by atoms with Crippen molar-refractivity contribution < 1.29 is 0 Å². The molecule has 0 aliphatic heterocycles. The topological polar surface area (TPSA) is 4.93 Å². The molecule has 1 nitrogen and oxygen atoms in total. The van der Waals surface area contributed by atoms with Crippen molar-refractivity contribution in [3.63, 3.8) is 0 Å². The van der Waals surface area contributed by atoms with Crippen LogP contribution in [0.4, 0.5) is 0 Å². The zero-order chi connectivity index (χ0) is 32.6. The highest BCUT2D eigenvalue weighted by atomic mass is 15.0. The fourth-order valence-electron chi connectivity index (χ4n) is 7.54. The third-order valence-electron chi connectivity index (χ3n) is 10.0. The number of aromatic nitrogens is 1. The van der Waals surface area contributed by atoms with Gasteiger partial charge in [0, 0.05) is 22.4 Å². The van der Waals surface area contributed by atoms with E-state index in [0.717, 1.165) is 6.42 Å². The first kappa shape index (κ1) is 29.0. The first-order chi connectivity index (χ1) is 24.3. The van der Waals surface area contributed by atoms with Gasteiger partial charge in [0.25, 0.3) is 0 Å². The SMILES string of the molecule is c1ccc(-c2ccc(C[C@@H](c3ccc(-c4ccccc4)cc3)c3ccc4ccc5c(c4c3)c3ccccc3n5-c3ccccc3)cc2)cc1. The second kappa shape index (κ2) is 12.4.